The quantitative estimate of drug-likeness (QED) is 0.448. The number of anilines is 2. The van der Waals surface area contributed by atoms with Gasteiger partial charge in [-0.2, -0.15) is 0 Å². The Bertz CT molecular complexity index is 2110. The molecule has 10 nitrogen and oxygen atoms in total. The van der Waals surface area contributed by atoms with Crippen molar-refractivity contribution in [1.29, 1.82) is 0 Å². The van der Waals surface area contributed by atoms with Gasteiger partial charge in [0, 0.05) is 73.1 Å². The molecule has 12 atom stereocenters. The van der Waals surface area contributed by atoms with E-state index in [1.807, 2.05) is 7.11 Å². The van der Waals surface area contributed by atoms with Crippen LogP contribution in [0.3, 0.4) is 0 Å². The first-order valence-corrected chi connectivity index (χ1v) is 20.5. The van der Waals surface area contributed by atoms with Gasteiger partial charge in [0.25, 0.3) is 0 Å². The van der Waals surface area contributed by atoms with E-state index >= 15 is 0 Å². The van der Waals surface area contributed by atoms with Crippen LogP contribution in [0.2, 0.25) is 0 Å². The van der Waals surface area contributed by atoms with Gasteiger partial charge in [-0.15, -0.1) is 0 Å². The number of rotatable bonds is 2. The summed E-state index contributed by atoms with van der Waals surface area (Å²) in [6.45, 7) is 5.58. The fraction of sp³-hybridized carbons (Fsp3) is 0.651. The van der Waals surface area contributed by atoms with Crippen molar-refractivity contribution in [3.05, 3.63) is 64.9 Å². The van der Waals surface area contributed by atoms with Crippen LogP contribution in [0.15, 0.2) is 53.7 Å². The second kappa shape index (κ2) is 9.10. The lowest BCUT2D eigenvalue weighted by Crippen LogP contribution is -2.88. The van der Waals surface area contributed by atoms with E-state index in [1.165, 1.54) is 16.8 Å². The highest BCUT2D eigenvalue weighted by atomic mass is 16.6. The van der Waals surface area contributed by atoms with E-state index in [9.17, 15) is 4.79 Å². The van der Waals surface area contributed by atoms with Gasteiger partial charge in [-0.05, 0) is 81.2 Å². The summed E-state index contributed by atoms with van der Waals surface area (Å²) in [5.41, 5.74) is 5.61. The lowest BCUT2D eigenvalue weighted by Gasteiger charge is -2.77. The average molecular weight is 717 g/mol. The highest BCUT2D eigenvalue weighted by molar-refractivity contribution is 5.93. The highest BCUT2D eigenvalue weighted by Gasteiger charge is 2.88. The van der Waals surface area contributed by atoms with Crippen molar-refractivity contribution in [1.82, 2.24) is 9.80 Å². The third-order valence-electron chi connectivity index (χ3n) is 18.1. The Morgan fingerprint density at radius 2 is 1.74 bits per heavy atom. The monoisotopic (exact) mass is 716 g/mol. The predicted octanol–water partition coefficient (Wildman–Crippen LogP) is 4.53. The van der Waals surface area contributed by atoms with Crippen LogP contribution in [0.1, 0.15) is 62.5 Å². The molecule has 9 saturated heterocycles. The summed E-state index contributed by atoms with van der Waals surface area (Å²) in [5.74, 6) is 1.08. The van der Waals surface area contributed by atoms with Gasteiger partial charge in [0.05, 0.1) is 53.9 Å². The largest absolute Gasteiger partial charge is 0.495 e. The minimum Gasteiger partial charge on any atom is -0.495 e. The van der Waals surface area contributed by atoms with Gasteiger partial charge >= 0.3 is 5.97 Å². The molecule has 0 aromatic heterocycles. The van der Waals surface area contributed by atoms with Crippen molar-refractivity contribution in [2.45, 2.75) is 98.4 Å². The van der Waals surface area contributed by atoms with Gasteiger partial charge < -0.3 is 33.9 Å². The molecule has 10 heteroatoms. The second-order valence-corrected chi connectivity index (χ2v) is 19.0. The molecule has 2 bridgehead atoms. The minimum absolute atomic E-state index is 0.0597. The summed E-state index contributed by atoms with van der Waals surface area (Å²) < 4.78 is 34.4. The molecule has 0 unspecified atom stereocenters. The minimum atomic E-state index is -0.476. The van der Waals surface area contributed by atoms with E-state index in [0.717, 1.165) is 100 Å². The number of carbonyl (C=O) groups is 1. The number of esters is 1. The summed E-state index contributed by atoms with van der Waals surface area (Å²) in [6, 6.07) is 16.2. The Morgan fingerprint density at radius 1 is 0.887 bits per heavy atom. The van der Waals surface area contributed by atoms with E-state index in [1.54, 1.807) is 7.11 Å². The SMILES string of the molecule is COC(=O)C1=C2Nc3ccccc3[C@@]23CCN2[C@@H]4O[C@]56[C@H]7C[C@]89CCO[C@H]8CCN8CC[C@@]5(c5cccc(OC)c5N6C[C@]4(C7)[C@@H]4OCC[C@]4(C1)[C@H]23)[C@H]89. The lowest BCUT2D eigenvalue weighted by atomic mass is 9.41. The zero-order valence-corrected chi connectivity index (χ0v) is 30.7. The van der Waals surface area contributed by atoms with E-state index in [2.05, 4.69) is 62.5 Å². The smallest absolute Gasteiger partial charge is 0.335 e. The molecule has 13 aliphatic rings. The number of para-hydroxylation sites is 2. The van der Waals surface area contributed by atoms with Crippen molar-refractivity contribution in [2.75, 3.05) is 63.8 Å². The Morgan fingerprint density at radius 3 is 2.64 bits per heavy atom. The van der Waals surface area contributed by atoms with Crippen LogP contribution in [0.5, 0.6) is 5.75 Å². The number of benzene rings is 2. The molecule has 276 valence electrons. The summed E-state index contributed by atoms with van der Waals surface area (Å²) in [7, 11) is 3.39. The molecule has 0 radical (unpaired) electrons. The Labute approximate surface area is 310 Å². The molecular weight excluding hydrogens is 668 g/mol. The zero-order chi connectivity index (χ0) is 34.9. The topological polar surface area (TPSA) is 85.0 Å². The molecule has 11 aliphatic heterocycles. The first-order valence-electron chi connectivity index (χ1n) is 20.5. The van der Waals surface area contributed by atoms with Crippen molar-refractivity contribution in [3.8, 4) is 5.75 Å². The number of piperidine rings is 3. The van der Waals surface area contributed by atoms with Gasteiger partial charge in [0.2, 0.25) is 0 Å². The molecule has 1 N–H and O–H groups in total. The number of methoxy groups -OCH3 is 2. The molecular formula is C43H48N4O6. The summed E-state index contributed by atoms with van der Waals surface area (Å²) in [6.07, 6.45) is 8.27. The molecule has 2 aromatic carbocycles. The van der Waals surface area contributed by atoms with Gasteiger partial charge in [-0.3, -0.25) is 9.80 Å². The van der Waals surface area contributed by atoms with E-state index in [0.29, 0.717) is 31.1 Å². The number of hydrogen-bond acceptors (Lipinski definition) is 10. The van der Waals surface area contributed by atoms with Crippen LogP contribution in [0.25, 0.3) is 0 Å². The summed E-state index contributed by atoms with van der Waals surface area (Å²) in [5, 5.41) is 3.83. The molecule has 1 saturated carbocycles. The Kier molecular flexibility index (Phi) is 5.17. The molecule has 2 aromatic rings. The first-order chi connectivity index (χ1) is 25.9. The number of carbonyl (C=O) groups excluding carboxylic acids is 1. The van der Waals surface area contributed by atoms with Crippen LogP contribution in [0, 0.1) is 22.2 Å². The van der Waals surface area contributed by atoms with Gasteiger partial charge in [0.1, 0.15) is 12.0 Å². The zero-order valence-electron chi connectivity index (χ0n) is 30.7. The molecule has 6 spiro atoms. The maximum absolute atomic E-state index is 14.0. The van der Waals surface area contributed by atoms with Crippen molar-refractivity contribution >= 4 is 17.3 Å². The normalized spacial score (nSPS) is 49.6. The first kappa shape index (κ1) is 30.1. The molecule has 0 amide bonds. The number of ether oxygens (including phenoxy) is 5. The molecule has 53 heavy (non-hydrogen) atoms. The van der Waals surface area contributed by atoms with Crippen LogP contribution in [0.4, 0.5) is 11.4 Å². The number of hydrogen-bond donors (Lipinski definition) is 1. The Hall–Kier alpha value is -3.15. The predicted molar refractivity (Wildman–Crippen MR) is 193 cm³/mol. The fourth-order valence-electron chi connectivity index (χ4n) is 17.3. The van der Waals surface area contributed by atoms with Crippen LogP contribution >= 0.6 is 0 Å². The van der Waals surface area contributed by atoms with Gasteiger partial charge in [0.15, 0.2) is 5.72 Å². The van der Waals surface area contributed by atoms with Gasteiger partial charge in [-0.25, -0.2) is 4.79 Å². The van der Waals surface area contributed by atoms with Crippen LogP contribution in [-0.2, 0) is 34.6 Å². The van der Waals surface area contributed by atoms with Crippen molar-refractivity contribution in [2.24, 2.45) is 22.2 Å². The summed E-state index contributed by atoms with van der Waals surface area (Å²) in [4.78, 5) is 22.5. The van der Waals surface area contributed by atoms with Crippen LogP contribution < -0.4 is 15.0 Å². The second-order valence-electron chi connectivity index (χ2n) is 19.0. The highest BCUT2D eigenvalue weighted by Crippen LogP contribution is 2.81. The van der Waals surface area contributed by atoms with E-state index in [-0.39, 0.29) is 51.4 Å². The number of nitrogens with one attached hydrogen (secondary N) is 1. The maximum Gasteiger partial charge on any atom is 0.335 e. The molecule has 11 heterocycles. The standard InChI is InChI=1S/C43H48N4O6/c1-49-29-9-5-7-27-31(29)47-23-40-21-24-20-38-13-18-51-30(38)10-15-45-16-12-42(27,35(38)45)43(24,47)53-37(40)46-17-11-41-26-6-3-4-8-28(26)44-32(41)25(33(48)50-2)22-39(34(41)46)14-19-52-36(39)40/h3-9,24,30,34-37,44H,10-23H2,1-2H3/t24-,30-,34-,35+,36+,37+,38+,39-,40+,41-,42+,43+/m0/s1. The van der Waals surface area contributed by atoms with Crippen LogP contribution in [-0.4, -0.2) is 106 Å². The lowest BCUT2D eigenvalue weighted by molar-refractivity contribution is -0.378. The van der Waals surface area contributed by atoms with Gasteiger partial charge in [-0.1, -0.05) is 30.3 Å². The molecule has 15 rings (SSSR count). The summed E-state index contributed by atoms with van der Waals surface area (Å²) >= 11 is 0. The maximum atomic E-state index is 14.0. The van der Waals surface area contributed by atoms with E-state index < -0.39 is 5.72 Å². The Balaban J connectivity index is 1.03. The fourth-order valence-corrected chi connectivity index (χ4v) is 17.3. The third kappa shape index (κ3) is 2.77. The molecule has 10 fully saturated rings. The number of nitrogens with zero attached hydrogens (tertiary/aromatic N) is 3. The average Bonchev–Trinajstić information content (AvgIpc) is 4.04. The van der Waals surface area contributed by atoms with Crippen molar-refractivity contribution < 1.29 is 28.5 Å². The molecule has 2 aliphatic carbocycles. The third-order valence-corrected chi connectivity index (χ3v) is 18.1. The van der Waals surface area contributed by atoms with Crippen molar-refractivity contribution in [3.63, 3.8) is 0 Å². The van der Waals surface area contributed by atoms with E-state index in [4.69, 9.17) is 23.7 Å². The number of fused-ring (bicyclic) bond motifs is 2.